The fraction of sp³-hybridized carbons (Fsp3) is 0.533. The summed E-state index contributed by atoms with van der Waals surface area (Å²) >= 11 is 0. The summed E-state index contributed by atoms with van der Waals surface area (Å²) in [5, 5.41) is 4.87. The molecule has 1 amide bonds. The van der Waals surface area contributed by atoms with E-state index < -0.39 is 0 Å². The molecule has 5 heteroatoms. The summed E-state index contributed by atoms with van der Waals surface area (Å²) in [6.45, 7) is 4.42. The highest BCUT2D eigenvalue weighted by Crippen LogP contribution is 2.26. The minimum Gasteiger partial charge on any atom is -0.397 e. The number of hydrogen-bond acceptors (Lipinski definition) is 4. The number of nitrogens with two attached hydrogens (primary N) is 1. The molecule has 110 valence electrons. The summed E-state index contributed by atoms with van der Waals surface area (Å²) < 4.78 is 0. The van der Waals surface area contributed by atoms with Gasteiger partial charge in [0.25, 0.3) is 5.91 Å². The number of benzene rings is 1. The summed E-state index contributed by atoms with van der Waals surface area (Å²) in [4.78, 5) is 11.7. The van der Waals surface area contributed by atoms with E-state index in [0.29, 0.717) is 23.3 Å². The lowest BCUT2D eigenvalue weighted by molar-refractivity contribution is 0.0963. The second-order valence-corrected chi connectivity index (χ2v) is 5.53. The van der Waals surface area contributed by atoms with Crippen molar-refractivity contribution in [1.29, 1.82) is 0 Å². The number of anilines is 2. The molecule has 1 aromatic rings. The Kier molecular flexibility index (Phi) is 4.49. The van der Waals surface area contributed by atoms with Gasteiger partial charge in [0.15, 0.2) is 0 Å². The lowest BCUT2D eigenvalue weighted by atomic mass is 10.00. The number of carbonyl (C=O) groups excluding carboxylic acids is 1. The summed E-state index contributed by atoms with van der Waals surface area (Å²) in [5.41, 5.74) is 11.5. The zero-order valence-electron chi connectivity index (χ0n) is 12.4. The van der Waals surface area contributed by atoms with Crippen molar-refractivity contribution in [1.82, 2.24) is 10.3 Å². The molecular formula is C15H24N4O. The van der Waals surface area contributed by atoms with Crippen molar-refractivity contribution in [2.24, 2.45) is 0 Å². The number of carbonyl (C=O) groups is 1. The van der Waals surface area contributed by atoms with E-state index in [-0.39, 0.29) is 5.91 Å². The van der Waals surface area contributed by atoms with Crippen LogP contribution in [-0.4, -0.2) is 30.0 Å². The van der Waals surface area contributed by atoms with E-state index in [1.165, 1.54) is 19.3 Å². The second kappa shape index (κ2) is 6.13. The second-order valence-electron chi connectivity index (χ2n) is 5.53. The number of hydrazine groups is 1. The van der Waals surface area contributed by atoms with Gasteiger partial charge in [0.2, 0.25) is 0 Å². The fourth-order valence-corrected chi connectivity index (χ4v) is 2.72. The molecule has 0 radical (unpaired) electrons. The summed E-state index contributed by atoms with van der Waals surface area (Å²) in [6, 6.07) is 6.24. The molecular weight excluding hydrogens is 252 g/mol. The van der Waals surface area contributed by atoms with Gasteiger partial charge in [-0.05, 0) is 44.9 Å². The SMILES string of the molecule is CNC(=O)c1ccc(N)c(NN2C(C)CCCC2C)c1. The van der Waals surface area contributed by atoms with Gasteiger partial charge < -0.3 is 16.5 Å². The van der Waals surface area contributed by atoms with Crippen molar-refractivity contribution in [2.45, 2.75) is 45.2 Å². The Balaban J connectivity index is 2.21. The van der Waals surface area contributed by atoms with Crippen molar-refractivity contribution in [3.8, 4) is 0 Å². The average molecular weight is 276 g/mol. The molecule has 0 saturated carbocycles. The molecule has 5 nitrogen and oxygen atoms in total. The number of rotatable bonds is 3. The van der Waals surface area contributed by atoms with Gasteiger partial charge in [-0.3, -0.25) is 4.79 Å². The van der Waals surface area contributed by atoms with Gasteiger partial charge in [-0.15, -0.1) is 0 Å². The first kappa shape index (κ1) is 14.7. The van der Waals surface area contributed by atoms with E-state index in [1.807, 2.05) is 6.07 Å². The van der Waals surface area contributed by atoms with Crippen LogP contribution < -0.4 is 16.5 Å². The molecule has 1 fully saturated rings. The topological polar surface area (TPSA) is 70.4 Å². The van der Waals surface area contributed by atoms with E-state index in [0.717, 1.165) is 5.69 Å². The molecule has 1 aromatic carbocycles. The summed E-state index contributed by atoms with van der Waals surface area (Å²) in [5.74, 6) is -0.104. The highest BCUT2D eigenvalue weighted by Gasteiger charge is 2.25. The van der Waals surface area contributed by atoms with Crippen LogP contribution in [0.25, 0.3) is 0 Å². The maximum atomic E-state index is 11.7. The van der Waals surface area contributed by atoms with Crippen LogP contribution in [0.3, 0.4) is 0 Å². The van der Waals surface area contributed by atoms with Crippen molar-refractivity contribution < 1.29 is 4.79 Å². The third kappa shape index (κ3) is 3.04. The first-order valence-electron chi connectivity index (χ1n) is 7.19. The minimum atomic E-state index is -0.104. The van der Waals surface area contributed by atoms with Crippen LogP contribution in [-0.2, 0) is 0 Å². The van der Waals surface area contributed by atoms with E-state index in [2.05, 4.69) is 29.6 Å². The Bertz CT molecular complexity index is 479. The molecule has 1 saturated heterocycles. The van der Waals surface area contributed by atoms with Crippen LogP contribution in [0.5, 0.6) is 0 Å². The first-order chi connectivity index (χ1) is 9.52. The molecule has 1 heterocycles. The maximum absolute atomic E-state index is 11.7. The number of nitrogen functional groups attached to an aromatic ring is 1. The molecule has 0 aliphatic carbocycles. The smallest absolute Gasteiger partial charge is 0.251 e. The Labute approximate surface area is 120 Å². The van der Waals surface area contributed by atoms with Crippen LogP contribution in [0, 0.1) is 0 Å². The fourth-order valence-electron chi connectivity index (χ4n) is 2.72. The largest absolute Gasteiger partial charge is 0.397 e. The number of piperidine rings is 1. The van der Waals surface area contributed by atoms with Crippen LogP contribution in [0.4, 0.5) is 11.4 Å². The normalized spacial score (nSPS) is 23.4. The van der Waals surface area contributed by atoms with Gasteiger partial charge in [0, 0.05) is 24.7 Å². The molecule has 2 atom stereocenters. The van der Waals surface area contributed by atoms with Crippen molar-refractivity contribution in [2.75, 3.05) is 18.2 Å². The van der Waals surface area contributed by atoms with E-state index in [1.54, 1.807) is 19.2 Å². The molecule has 0 aromatic heterocycles. The van der Waals surface area contributed by atoms with E-state index in [4.69, 9.17) is 5.73 Å². The van der Waals surface area contributed by atoms with Gasteiger partial charge in [-0.25, -0.2) is 5.01 Å². The third-order valence-electron chi connectivity index (χ3n) is 3.99. The number of nitrogens with one attached hydrogen (secondary N) is 2. The van der Waals surface area contributed by atoms with Crippen LogP contribution >= 0.6 is 0 Å². The lowest BCUT2D eigenvalue weighted by Gasteiger charge is -2.39. The lowest BCUT2D eigenvalue weighted by Crippen LogP contribution is -2.47. The van der Waals surface area contributed by atoms with Crippen molar-refractivity contribution in [3.63, 3.8) is 0 Å². The number of hydrogen-bond donors (Lipinski definition) is 3. The molecule has 0 spiro atoms. The standard InChI is InChI=1S/C15H24N4O/c1-10-5-4-6-11(2)19(10)18-14-9-12(15(20)17-3)7-8-13(14)16/h7-11,18H,4-6,16H2,1-3H3,(H,17,20). The van der Waals surface area contributed by atoms with Crippen LogP contribution in [0.15, 0.2) is 18.2 Å². The Morgan fingerprint density at radius 2 is 1.95 bits per heavy atom. The Morgan fingerprint density at radius 1 is 1.30 bits per heavy atom. The summed E-state index contributed by atoms with van der Waals surface area (Å²) in [7, 11) is 1.63. The molecule has 2 rings (SSSR count). The predicted octanol–water partition coefficient (Wildman–Crippen LogP) is 2.22. The number of amides is 1. The minimum absolute atomic E-state index is 0.104. The third-order valence-corrected chi connectivity index (χ3v) is 3.99. The molecule has 1 aliphatic rings. The average Bonchev–Trinajstić information content (AvgIpc) is 2.44. The highest BCUT2D eigenvalue weighted by molar-refractivity contribution is 5.95. The molecule has 1 aliphatic heterocycles. The Morgan fingerprint density at radius 3 is 2.55 bits per heavy atom. The zero-order valence-corrected chi connectivity index (χ0v) is 12.4. The van der Waals surface area contributed by atoms with E-state index in [9.17, 15) is 4.79 Å². The van der Waals surface area contributed by atoms with Gasteiger partial charge in [-0.2, -0.15) is 0 Å². The quantitative estimate of drug-likeness (QED) is 0.740. The monoisotopic (exact) mass is 276 g/mol. The zero-order chi connectivity index (χ0) is 14.7. The van der Waals surface area contributed by atoms with Crippen molar-refractivity contribution >= 4 is 17.3 Å². The number of nitrogens with zero attached hydrogens (tertiary/aromatic N) is 1. The van der Waals surface area contributed by atoms with Gasteiger partial charge in [0.05, 0.1) is 11.4 Å². The highest BCUT2D eigenvalue weighted by atomic mass is 16.1. The van der Waals surface area contributed by atoms with Gasteiger partial charge >= 0.3 is 0 Å². The van der Waals surface area contributed by atoms with Gasteiger partial charge in [0.1, 0.15) is 0 Å². The predicted molar refractivity (Wildman–Crippen MR) is 82.5 cm³/mol. The maximum Gasteiger partial charge on any atom is 0.251 e. The molecule has 2 unspecified atom stereocenters. The van der Waals surface area contributed by atoms with Crippen LogP contribution in [0.2, 0.25) is 0 Å². The van der Waals surface area contributed by atoms with Crippen LogP contribution in [0.1, 0.15) is 43.5 Å². The van der Waals surface area contributed by atoms with Crippen molar-refractivity contribution in [3.05, 3.63) is 23.8 Å². The molecule has 20 heavy (non-hydrogen) atoms. The summed E-state index contributed by atoms with van der Waals surface area (Å²) in [6.07, 6.45) is 3.60. The Hall–Kier alpha value is -1.75. The van der Waals surface area contributed by atoms with Gasteiger partial charge in [-0.1, -0.05) is 6.42 Å². The molecule has 0 bridgehead atoms. The van der Waals surface area contributed by atoms with E-state index >= 15 is 0 Å². The first-order valence-corrected chi connectivity index (χ1v) is 7.19. The molecule has 4 N–H and O–H groups in total.